The lowest BCUT2D eigenvalue weighted by atomic mass is 9.87. The molecule has 1 rings (SSSR count). The molecule has 0 bridgehead atoms. The smallest absolute Gasteiger partial charge is 0.119 e. The molecular weight excluding hydrogens is 246 g/mol. The summed E-state index contributed by atoms with van der Waals surface area (Å²) < 4.78 is 6.00. The van der Waals surface area contributed by atoms with Crippen molar-refractivity contribution in [3.05, 3.63) is 29.8 Å². The van der Waals surface area contributed by atoms with E-state index < -0.39 is 0 Å². The van der Waals surface area contributed by atoms with Crippen LogP contribution in [-0.2, 0) is 5.41 Å². The predicted molar refractivity (Wildman–Crippen MR) is 87.6 cm³/mol. The van der Waals surface area contributed by atoms with E-state index in [2.05, 4.69) is 65.1 Å². The third-order valence-electron chi connectivity index (χ3n) is 3.59. The summed E-state index contributed by atoms with van der Waals surface area (Å²) in [5.41, 5.74) is 1.48. The summed E-state index contributed by atoms with van der Waals surface area (Å²) in [5.74, 6) is 1.55. The zero-order chi connectivity index (χ0) is 15.2. The Balaban J connectivity index is 2.64. The summed E-state index contributed by atoms with van der Waals surface area (Å²) in [6.07, 6.45) is 1.16. The maximum Gasteiger partial charge on any atom is 0.119 e. The lowest BCUT2D eigenvalue weighted by Gasteiger charge is -2.24. The number of hydrogen-bond acceptors (Lipinski definition) is 2. The highest BCUT2D eigenvalue weighted by Gasteiger charge is 2.16. The van der Waals surface area contributed by atoms with Crippen LogP contribution in [0.2, 0.25) is 0 Å². The van der Waals surface area contributed by atoms with Crippen LogP contribution in [0.1, 0.15) is 53.5 Å². The van der Waals surface area contributed by atoms with E-state index in [-0.39, 0.29) is 5.41 Å². The van der Waals surface area contributed by atoms with Crippen molar-refractivity contribution in [1.82, 2.24) is 5.32 Å². The second-order valence-electron chi connectivity index (χ2n) is 6.89. The molecule has 1 aromatic carbocycles. The van der Waals surface area contributed by atoms with Gasteiger partial charge in [-0.15, -0.1) is 0 Å². The molecule has 0 aromatic heterocycles. The highest BCUT2D eigenvalue weighted by Crippen LogP contribution is 2.25. The van der Waals surface area contributed by atoms with Gasteiger partial charge in [-0.05, 0) is 42.0 Å². The van der Waals surface area contributed by atoms with E-state index in [1.165, 1.54) is 5.56 Å². The quantitative estimate of drug-likeness (QED) is 0.798. The van der Waals surface area contributed by atoms with Crippen LogP contribution in [0.25, 0.3) is 0 Å². The molecule has 0 spiro atoms. The Labute approximate surface area is 124 Å². The maximum atomic E-state index is 6.00. The Bertz CT molecular complexity index is 393. The highest BCUT2D eigenvalue weighted by atomic mass is 16.5. The minimum atomic E-state index is 0.164. The molecule has 1 unspecified atom stereocenters. The Morgan fingerprint density at radius 3 is 2.45 bits per heavy atom. The van der Waals surface area contributed by atoms with Gasteiger partial charge in [0.1, 0.15) is 12.4 Å². The van der Waals surface area contributed by atoms with Crippen molar-refractivity contribution >= 4 is 0 Å². The average molecular weight is 277 g/mol. The largest absolute Gasteiger partial charge is 0.492 e. The molecule has 1 atom stereocenters. The lowest BCUT2D eigenvalue weighted by molar-refractivity contribution is 0.230. The van der Waals surface area contributed by atoms with Gasteiger partial charge in [0.2, 0.25) is 0 Å². The van der Waals surface area contributed by atoms with Gasteiger partial charge in [0, 0.05) is 6.04 Å². The van der Waals surface area contributed by atoms with Crippen molar-refractivity contribution in [2.75, 3.05) is 13.2 Å². The predicted octanol–water partition coefficient (Wildman–Crippen LogP) is 4.39. The van der Waals surface area contributed by atoms with Crippen molar-refractivity contribution < 1.29 is 4.74 Å². The van der Waals surface area contributed by atoms with Crippen molar-refractivity contribution in [2.24, 2.45) is 5.92 Å². The van der Waals surface area contributed by atoms with Crippen LogP contribution in [0.3, 0.4) is 0 Å². The van der Waals surface area contributed by atoms with Crippen LogP contribution in [0, 0.1) is 5.92 Å². The average Bonchev–Trinajstić information content (AvgIpc) is 2.37. The molecule has 2 heteroatoms. The van der Waals surface area contributed by atoms with Gasteiger partial charge in [0.15, 0.2) is 0 Å². The van der Waals surface area contributed by atoms with E-state index in [9.17, 15) is 0 Å². The van der Waals surface area contributed by atoms with Crippen molar-refractivity contribution in [3.8, 4) is 5.75 Å². The second kappa shape index (κ2) is 7.68. The zero-order valence-corrected chi connectivity index (χ0v) is 14.0. The third kappa shape index (κ3) is 5.54. The SMILES string of the molecule is CCCNC(COc1cccc(C(C)(C)C)c1)C(C)C. The summed E-state index contributed by atoms with van der Waals surface area (Å²) in [5, 5.41) is 3.56. The van der Waals surface area contributed by atoms with Gasteiger partial charge in [0.05, 0.1) is 0 Å². The summed E-state index contributed by atoms with van der Waals surface area (Å²) in [7, 11) is 0. The van der Waals surface area contributed by atoms with E-state index in [0.29, 0.717) is 12.0 Å². The first-order valence-corrected chi connectivity index (χ1v) is 7.81. The van der Waals surface area contributed by atoms with Crippen molar-refractivity contribution in [2.45, 2.75) is 59.4 Å². The first-order chi connectivity index (χ1) is 9.34. The van der Waals surface area contributed by atoms with E-state index in [0.717, 1.165) is 25.3 Å². The Morgan fingerprint density at radius 1 is 1.20 bits per heavy atom. The fraction of sp³-hybridized carbons (Fsp3) is 0.667. The molecule has 0 radical (unpaired) electrons. The van der Waals surface area contributed by atoms with Gasteiger partial charge < -0.3 is 10.1 Å². The number of benzene rings is 1. The molecule has 0 heterocycles. The zero-order valence-electron chi connectivity index (χ0n) is 14.0. The monoisotopic (exact) mass is 277 g/mol. The molecule has 0 saturated heterocycles. The normalized spacial score (nSPS) is 13.6. The van der Waals surface area contributed by atoms with Crippen LogP contribution in [0.4, 0.5) is 0 Å². The van der Waals surface area contributed by atoms with Gasteiger partial charge in [-0.2, -0.15) is 0 Å². The van der Waals surface area contributed by atoms with Gasteiger partial charge in [-0.25, -0.2) is 0 Å². The lowest BCUT2D eigenvalue weighted by Crippen LogP contribution is -2.39. The fourth-order valence-electron chi connectivity index (χ4n) is 2.06. The summed E-state index contributed by atoms with van der Waals surface area (Å²) >= 11 is 0. The topological polar surface area (TPSA) is 21.3 Å². The minimum absolute atomic E-state index is 0.164. The Morgan fingerprint density at radius 2 is 1.90 bits per heavy atom. The van der Waals surface area contributed by atoms with Crippen LogP contribution in [0.5, 0.6) is 5.75 Å². The standard InChI is InChI=1S/C18H31NO/c1-7-11-19-17(14(2)3)13-20-16-10-8-9-15(12-16)18(4,5)6/h8-10,12,14,17,19H,7,11,13H2,1-6H3. The van der Waals surface area contributed by atoms with Gasteiger partial charge in [-0.3, -0.25) is 0 Å². The highest BCUT2D eigenvalue weighted by molar-refractivity contribution is 5.32. The molecule has 0 fully saturated rings. The number of rotatable bonds is 7. The summed E-state index contributed by atoms with van der Waals surface area (Å²) in [6.45, 7) is 15.1. The fourth-order valence-corrected chi connectivity index (χ4v) is 2.06. The Hall–Kier alpha value is -1.02. The molecule has 0 aliphatic carbocycles. The molecular formula is C18H31NO. The van der Waals surface area contributed by atoms with Gasteiger partial charge in [-0.1, -0.05) is 53.7 Å². The molecule has 1 aromatic rings. The van der Waals surface area contributed by atoms with E-state index in [1.54, 1.807) is 0 Å². The molecule has 114 valence electrons. The van der Waals surface area contributed by atoms with Crippen molar-refractivity contribution in [1.29, 1.82) is 0 Å². The van der Waals surface area contributed by atoms with Crippen LogP contribution in [0.15, 0.2) is 24.3 Å². The summed E-state index contributed by atoms with van der Waals surface area (Å²) in [6, 6.07) is 8.87. The maximum absolute atomic E-state index is 6.00. The number of nitrogens with one attached hydrogen (secondary N) is 1. The third-order valence-corrected chi connectivity index (χ3v) is 3.59. The molecule has 0 aliphatic rings. The number of hydrogen-bond donors (Lipinski definition) is 1. The summed E-state index contributed by atoms with van der Waals surface area (Å²) in [4.78, 5) is 0. The van der Waals surface area contributed by atoms with Crippen molar-refractivity contribution in [3.63, 3.8) is 0 Å². The molecule has 1 N–H and O–H groups in total. The molecule has 20 heavy (non-hydrogen) atoms. The first kappa shape index (κ1) is 17.0. The molecule has 0 amide bonds. The first-order valence-electron chi connectivity index (χ1n) is 7.81. The molecule has 2 nitrogen and oxygen atoms in total. The van der Waals surface area contributed by atoms with Crippen LogP contribution >= 0.6 is 0 Å². The minimum Gasteiger partial charge on any atom is -0.492 e. The van der Waals surface area contributed by atoms with Crippen LogP contribution < -0.4 is 10.1 Å². The van der Waals surface area contributed by atoms with Gasteiger partial charge in [0.25, 0.3) is 0 Å². The van der Waals surface area contributed by atoms with Gasteiger partial charge >= 0.3 is 0 Å². The van der Waals surface area contributed by atoms with E-state index in [4.69, 9.17) is 4.74 Å². The second-order valence-corrected chi connectivity index (χ2v) is 6.89. The Kier molecular flexibility index (Phi) is 6.54. The molecule has 0 aliphatic heterocycles. The van der Waals surface area contributed by atoms with Crippen LogP contribution in [-0.4, -0.2) is 19.2 Å². The van der Waals surface area contributed by atoms with E-state index in [1.807, 2.05) is 6.07 Å². The van der Waals surface area contributed by atoms with E-state index >= 15 is 0 Å². The molecule has 0 saturated carbocycles. The number of ether oxygens (including phenoxy) is 1.